The first-order chi connectivity index (χ1) is 10.0. The van der Waals surface area contributed by atoms with Crippen LogP contribution in [0.15, 0.2) is 41.7 Å². The smallest absolute Gasteiger partial charge is 0.274 e. The van der Waals surface area contributed by atoms with E-state index in [1.165, 1.54) is 12.3 Å². The first-order valence-electron chi connectivity index (χ1n) is 6.03. The van der Waals surface area contributed by atoms with Crippen molar-refractivity contribution in [2.75, 3.05) is 5.32 Å². The van der Waals surface area contributed by atoms with E-state index in [-0.39, 0.29) is 11.5 Å². The number of benzene rings is 1. The van der Waals surface area contributed by atoms with Gasteiger partial charge in [-0.3, -0.25) is 4.79 Å². The number of hydrogen-bond donors (Lipinski definition) is 3. The number of oxime groups is 1. The van der Waals surface area contributed by atoms with E-state index in [0.29, 0.717) is 16.3 Å². The number of nitrogens with two attached hydrogens (primary N) is 1. The summed E-state index contributed by atoms with van der Waals surface area (Å²) in [4.78, 5) is 16.1. The number of anilines is 1. The summed E-state index contributed by atoms with van der Waals surface area (Å²) in [5, 5.41) is 15.0. The molecule has 1 aromatic heterocycles. The standard InChI is InChI=1S/C14H13ClN4O2/c1-8-3-2-4-10(12(8)13(16)19-21)18-14(20)11-6-5-9(15)7-17-11/h2-7,21H,1H3,(H2,16,19)(H,18,20). The summed E-state index contributed by atoms with van der Waals surface area (Å²) in [6, 6.07) is 8.30. The van der Waals surface area contributed by atoms with Gasteiger partial charge in [0.15, 0.2) is 5.84 Å². The highest BCUT2D eigenvalue weighted by atomic mass is 35.5. The highest BCUT2D eigenvalue weighted by Gasteiger charge is 2.14. The van der Waals surface area contributed by atoms with Crippen LogP contribution in [0.25, 0.3) is 0 Å². The lowest BCUT2D eigenvalue weighted by molar-refractivity contribution is 0.102. The number of halogens is 1. The number of amidine groups is 1. The zero-order valence-corrected chi connectivity index (χ0v) is 11.9. The molecule has 7 heteroatoms. The first kappa shape index (κ1) is 14.8. The van der Waals surface area contributed by atoms with E-state index in [2.05, 4.69) is 15.5 Å². The summed E-state index contributed by atoms with van der Waals surface area (Å²) in [6.45, 7) is 1.80. The average molecular weight is 305 g/mol. The molecule has 0 spiro atoms. The lowest BCUT2D eigenvalue weighted by atomic mass is 10.1. The summed E-state index contributed by atoms with van der Waals surface area (Å²) in [5.41, 5.74) is 7.53. The van der Waals surface area contributed by atoms with Gasteiger partial charge in [0.1, 0.15) is 5.69 Å². The fourth-order valence-corrected chi connectivity index (χ4v) is 1.97. The number of nitrogens with one attached hydrogen (secondary N) is 1. The third kappa shape index (κ3) is 3.29. The third-order valence-electron chi connectivity index (χ3n) is 2.84. The summed E-state index contributed by atoms with van der Waals surface area (Å²) in [7, 11) is 0. The number of carbonyl (C=O) groups is 1. The van der Waals surface area contributed by atoms with E-state index < -0.39 is 5.91 Å². The number of aryl methyl sites for hydroxylation is 1. The van der Waals surface area contributed by atoms with E-state index >= 15 is 0 Å². The molecule has 0 aliphatic carbocycles. The Morgan fingerprint density at radius 3 is 2.76 bits per heavy atom. The molecule has 0 unspecified atom stereocenters. The Bertz CT molecular complexity index is 699. The number of rotatable bonds is 3. The number of carbonyl (C=O) groups excluding carboxylic acids is 1. The molecule has 1 aromatic carbocycles. The molecular weight excluding hydrogens is 292 g/mol. The monoisotopic (exact) mass is 304 g/mol. The second-order valence-corrected chi connectivity index (χ2v) is 4.73. The van der Waals surface area contributed by atoms with Crippen molar-refractivity contribution in [3.8, 4) is 0 Å². The van der Waals surface area contributed by atoms with E-state index in [0.717, 1.165) is 5.56 Å². The summed E-state index contributed by atoms with van der Waals surface area (Å²) in [6.07, 6.45) is 1.39. The number of amides is 1. The predicted molar refractivity (Wildman–Crippen MR) is 80.9 cm³/mol. The second-order valence-electron chi connectivity index (χ2n) is 4.30. The van der Waals surface area contributed by atoms with Gasteiger partial charge in [0.05, 0.1) is 10.7 Å². The molecule has 0 saturated heterocycles. The number of aromatic nitrogens is 1. The van der Waals surface area contributed by atoms with Crippen LogP contribution in [0.5, 0.6) is 0 Å². The topological polar surface area (TPSA) is 101 Å². The largest absolute Gasteiger partial charge is 0.409 e. The molecule has 4 N–H and O–H groups in total. The Labute approximate surface area is 126 Å². The molecule has 0 aliphatic heterocycles. The highest BCUT2D eigenvalue weighted by Crippen LogP contribution is 2.20. The van der Waals surface area contributed by atoms with Crippen LogP contribution in [0.2, 0.25) is 5.02 Å². The van der Waals surface area contributed by atoms with Crippen LogP contribution in [0.4, 0.5) is 5.69 Å². The van der Waals surface area contributed by atoms with Gasteiger partial charge in [-0.1, -0.05) is 28.9 Å². The summed E-state index contributed by atoms with van der Waals surface area (Å²) < 4.78 is 0. The average Bonchev–Trinajstić information content (AvgIpc) is 2.47. The summed E-state index contributed by atoms with van der Waals surface area (Å²) in [5.74, 6) is -0.489. The Balaban J connectivity index is 2.33. The van der Waals surface area contributed by atoms with E-state index in [1.54, 1.807) is 31.2 Å². The molecule has 2 rings (SSSR count). The van der Waals surface area contributed by atoms with Crippen molar-refractivity contribution in [1.82, 2.24) is 4.98 Å². The van der Waals surface area contributed by atoms with Crippen molar-refractivity contribution in [2.24, 2.45) is 10.9 Å². The lowest BCUT2D eigenvalue weighted by Crippen LogP contribution is -2.20. The molecule has 1 amide bonds. The third-order valence-corrected chi connectivity index (χ3v) is 3.07. The van der Waals surface area contributed by atoms with Crippen LogP contribution in [0.3, 0.4) is 0 Å². The van der Waals surface area contributed by atoms with Gasteiger partial charge in [-0.2, -0.15) is 0 Å². The molecule has 1 heterocycles. The summed E-state index contributed by atoms with van der Waals surface area (Å²) >= 11 is 5.73. The van der Waals surface area contributed by atoms with Crippen molar-refractivity contribution in [3.63, 3.8) is 0 Å². The van der Waals surface area contributed by atoms with Gasteiger partial charge in [0, 0.05) is 11.8 Å². The van der Waals surface area contributed by atoms with Crippen molar-refractivity contribution in [2.45, 2.75) is 6.92 Å². The van der Waals surface area contributed by atoms with Gasteiger partial charge in [0.25, 0.3) is 5.91 Å². The molecule has 0 fully saturated rings. The fraction of sp³-hybridized carbons (Fsp3) is 0.0714. The Morgan fingerprint density at radius 1 is 1.38 bits per heavy atom. The van der Waals surface area contributed by atoms with Crippen molar-refractivity contribution in [3.05, 3.63) is 58.4 Å². The van der Waals surface area contributed by atoms with Crippen LogP contribution >= 0.6 is 11.6 Å². The van der Waals surface area contributed by atoms with E-state index in [9.17, 15) is 4.79 Å². The molecule has 6 nitrogen and oxygen atoms in total. The van der Waals surface area contributed by atoms with Crippen molar-refractivity contribution >= 4 is 29.0 Å². The van der Waals surface area contributed by atoms with Crippen LogP contribution in [-0.2, 0) is 0 Å². The van der Waals surface area contributed by atoms with Gasteiger partial charge >= 0.3 is 0 Å². The first-order valence-corrected chi connectivity index (χ1v) is 6.41. The van der Waals surface area contributed by atoms with Crippen LogP contribution < -0.4 is 11.1 Å². The maximum Gasteiger partial charge on any atom is 0.274 e. The minimum Gasteiger partial charge on any atom is -0.409 e. The number of nitrogens with zero attached hydrogens (tertiary/aromatic N) is 2. The normalized spacial score (nSPS) is 11.2. The molecule has 108 valence electrons. The van der Waals surface area contributed by atoms with Crippen LogP contribution in [0.1, 0.15) is 21.6 Å². The van der Waals surface area contributed by atoms with Crippen LogP contribution in [-0.4, -0.2) is 21.9 Å². The maximum absolute atomic E-state index is 12.1. The SMILES string of the molecule is Cc1cccc(NC(=O)c2ccc(Cl)cn2)c1/C(N)=N/O. The number of hydrogen-bond acceptors (Lipinski definition) is 4. The number of pyridine rings is 1. The van der Waals surface area contributed by atoms with E-state index in [4.69, 9.17) is 22.5 Å². The minimum atomic E-state index is -0.413. The maximum atomic E-state index is 12.1. The zero-order valence-electron chi connectivity index (χ0n) is 11.2. The molecule has 21 heavy (non-hydrogen) atoms. The Morgan fingerprint density at radius 2 is 2.14 bits per heavy atom. The minimum absolute atomic E-state index is 0.0764. The van der Waals surface area contributed by atoms with Crippen molar-refractivity contribution in [1.29, 1.82) is 0 Å². The molecule has 0 atom stereocenters. The predicted octanol–water partition coefficient (Wildman–Crippen LogP) is 2.39. The quantitative estimate of drug-likeness (QED) is 0.351. The molecule has 0 bridgehead atoms. The van der Waals surface area contributed by atoms with Gasteiger partial charge in [0.2, 0.25) is 0 Å². The van der Waals surface area contributed by atoms with E-state index in [1.807, 2.05) is 0 Å². The second kappa shape index (κ2) is 6.23. The van der Waals surface area contributed by atoms with Gasteiger partial charge in [-0.05, 0) is 30.7 Å². The van der Waals surface area contributed by atoms with Crippen LogP contribution in [0, 0.1) is 6.92 Å². The van der Waals surface area contributed by atoms with Gasteiger partial charge in [-0.25, -0.2) is 4.98 Å². The molecule has 0 saturated carbocycles. The molecule has 0 aliphatic rings. The Kier molecular flexibility index (Phi) is 4.39. The van der Waals surface area contributed by atoms with Crippen molar-refractivity contribution < 1.29 is 10.0 Å². The molecular formula is C14H13ClN4O2. The van der Waals surface area contributed by atoms with Gasteiger partial charge in [-0.15, -0.1) is 0 Å². The lowest BCUT2D eigenvalue weighted by Gasteiger charge is -2.12. The van der Waals surface area contributed by atoms with Gasteiger partial charge < -0.3 is 16.3 Å². The highest BCUT2D eigenvalue weighted by molar-refractivity contribution is 6.30. The molecule has 2 aromatic rings. The zero-order chi connectivity index (χ0) is 15.4. The molecule has 0 radical (unpaired) electrons. The Hall–Kier alpha value is -2.60. The fourth-order valence-electron chi connectivity index (χ4n) is 1.86.